The van der Waals surface area contributed by atoms with E-state index in [0.717, 1.165) is 18.6 Å². The molecule has 0 atom stereocenters. The first-order valence-electron chi connectivity index (χ1n) is 5.85. The van der Waals surface area contributed by atoms with E-state index in [1.54, 1.807) is 0 Å². The number of rotatable bonds is 7. The summed E-state index contributed by atoms with van der Waals surface area (Å²) in [6, 6.07) is 5.63. The fourth-order valence-electron chi connectivity index (χ4n) is 1.50. The minimum atomic E-state index is 0.603. The second kappa shape index (κ2) is 7.53. The Morgan fingerprint density at radius 1 is 1.25 bits per heavy atom. The van der Waals surface area contributed by atoms with Gasteiger partial charge in [-0.3, -0.25) is 0 Å². The third-order valence-corrected chi connectivity index (χ3v) is 2.82. The zero-order valence-electron chi connectivity index (χ0n) is 9.84. The summed E-state index contributed by atoms with van der Waals surface area (Å²) in [6.45, 7) is 3.65. The number of unbranched alkanes of at least 4 members (excludes halogenated alkanes) is 3. The highest BCUT2D eigenvalue weighted by molar-refractivity contribution is 6.33. The van der Waals surface area contributed by atoms with Gasteiger partial charge in [0.2, 0.25) is 0 Å². The molecule has 0 aliphatic heterocycles. The van der Waals surface area contributed by atoms with E-state index in [2.05, 4.69) is 6.92 Å². The predicted octanol–water partition coefficient (Wildman–Crippen LogP) is 4.02. The standard InChI is InChI=1S/C13H20ClNO/c1-2-3-4-5-8-16-10-11-6-7-12(14)13(15)9-11/h6-7,9H,2-5,8,10,15H2,1H3. The van der Waals surface area contributed by atoms with Crippen LogP contribution in [0.2, 0.25) is 5.02 Å². The highest BCUT2D eigenvalue weighted by Gasteiger charge is 1.98. The predicted molar refractivity (Wildman–Crippen MR) is 69.7 cm³/mol. The molecule has 90 valence electrons. The lowest BCUT2D eigenvalue weighted by Crippen LogP contribution is -1.97. The highest BCUT2D eigenvalue weighted by atomic mass is 35.5. The highest BCUT2D eigenvalue weighted by Crippen LogP contribution is 2.19. The van der Waals surface area contributed by atoms with Crippen molar-refractivity contribution in [1.29, 1.82) is 0 Å². The number of anilines is 1. The quantitative estimate of drug-likeness (QED) is 0.578. The first kappa shape index (κ1) is 13.3. The lowest BCUT2D eigenvalue weighted by Gasteiger charge is -2.05. The molecule has 1 rings (SSSR count). The Hall–Kier alpha value is -0.730. The van der Waals surface area contributed by atoms with Crippen molar-refractivity contribution in [2.75, 3.05) is 12.3 Å². The van der Waals surface area contributed by atoms with Crippen molar-refractivity contribution in [3.05, 3.63) is 28.8 Å². The molecule has 2 nitrogen and oxygen atoms in total. The van der Waals surface area contributed by atoms with Crippen LogP contribution in [0.25, 0.3) is 0 Å². The van der Waals surface area contributed by atoms with E-state index in [4.69, 9.17) is 22.1 Å². The van der Waals surface area contributed by atoms with E-state index in [-0.39, 0.29) is 0 Å². The minimum Gasteiger partial charge on any atom is -0.398 e. The van der Waals surface area contributed by atoms with Gasteiger partial charge in [-0.25, -0.2) is 0 Å². The van der Waals surface area contributed by atoms with Gasteiger partial charge in [0, 0.05) is 6.61 Å². The van der Waals surface area contributed by atoms with Gasteiger partial charge in [0.25, 0.3) is 0 Å². The molecule has 0 bridgehead atoms. The molecule has 16 heavy (non-hydrogen) atoms. The van der Waals surface area contributed by atoms with Crippen LogP contribution >= 0.6 is 11.6 Å². The van der Waals surface area contributed by atoms with Crippen molar-refractivity contribution < 1.29 is 4.74 Å². The lowest BCUT2D eigenvalue weighted by molar-refractivity contribution is 0.117. The zero-order valence-corrected chi connectivity index (χ0v) is 10.6. The molecule has 0 radical (unpaired) electrons. The molecule has 0 heterocycles. The van der Waals surface area contributed by atoms with Crippen molar-refractivity contribution in [2.45, 2.75) is 39.2 Å². The number of ether oxygens (including phenoxy) is 1. The molecule has 0 fully saturated rings. The Morgan fingerprint density at radius 3 is 2.75 bits per heavy atom. The van der Waals surface area contributed by atoms with E-state index in [9.17, 15) is 0 Å². The zero-order chi connectivity index (χ0) is 11.8. The summed E-state index contributed by atoms with van der Waals surface area (Å²) in [4.78, 5) is 0. The molecule has 1 aromatic carbocycles. The summed E-state index contributed by atoms with van der Waals surface area (Å²) >= 11 is 5.83. The van der Waals surface area contributed by atoms with E-state index in [0.29, 0.717) is 17.3 Å². The van der Waals surface area contributed by atoms with Gasteiger partial charge < -0.3 is 10.5 Å². The number of hydrogen-bond donors (Lipinski definition) is 1. The molecule has 1 aromatic rings. The molecule has 0 saturated heterocycles. The van der Waals surface area contributed by atoms with Gasteiger partial charge in [0.1, 0.15) is 0 Å². The number of nitrogen functional groups attached to an aromatic ring is 1. The Kier molecular flexibility index (Phi) is 6.27. The topological polar surface area (TPSA) is 35.2 Å². The van der Waals surface area contributed by atoms with Gasteiger partial charge in [-0.05, 0) is 24.1 Å². The summed E-state index contributed by atoms with van der Waals surface area (Å²) in [5.41, 5.74) is 7.40. The number of hydrogen-bond acceptors (Lipinski definition) is 2. The molecule has 0 saturated carbocycles. The number of halogens is 1. The van der Waals surface area contributed by atoms with Gasteiger partial charge in [0.15, 0.2) is 0 Å². The van der Waals surface area contributed by atoms with Gasteiger partial charge in [0.05, 0.1) is 17.3 Å². The summed E-state index contributed by atoms with van der Waals surface area (Å²) in [5.74, 6) is 0. The SMILES string of the molecule is CCCCCCOCc1ccc(Cl)c(N)c1. The molecule has 0 aliphatic carbocycles. The van der Waals surface area contributed by atoms with Crippen LogP contribution in [0.5, 0.6) is 0 Å². The van der Waals surface area contributed by atoms with Crippen molar-refractivity contribution in [3.8, 4) is 0 Å². The average Bonchev–Trinajstić information content (AvgIpc) is 2.28. The van der Waals surface area contributed by atoms with Gasteiger partial charge in [-0.1, -0.05) is 43.9 Å². The maximum atomic E-state index is 5.83. The molecule has 0 aliphatic rings. The van der Waals surface area contributed by atoms with Crippen LogP contribution in [0.3, 0.4) is 0 Å². The summed E-state index contributed by atoms with van der Waals surface area (Å²) in [7, 11) is 0. The second-order valence-electron chi connectivity index (χ2n) is 3.97. The fraction of sp³-hybridized carbons (Fsp3) is 0.538. The van der Waals surface area contributed by atoms with Crippen LogP contribution in [0, 0.1) is 0 Å². The van der Waals surface area contributed by atoms with E-state index >= 15 is 0 Å². The Bertz CT molecular complexity index is 315. The van der Waals surface area contributed by atoms with Gasteiger partial charge in [-0.2, -0.15) is 0 Å². The Morgan fingerprint density at radius 2 is 2.06 bits per heavy atom. The Labute approximate surface area is 103 Å². The maximum Gasteiger partial charge on any atom is 0.0717 e. The molecular formula is C13H20ClNO. The van der Waals surface area contributed by atoms with Gasteiger partial charge >= 0.3 is 0 Å². The van der Waals surface area contributed by atoms with Crippen molar-refractivity contribution >= 4 is 17.3 Å². The molecule has 3 heteroatoms. The average molecular weight is 242 g/mol. The third-order valence-electron chi connectivity index (χ3n) is 2.47. The molecule has 0 amide bonds. The smallest absolute Gasteiger partial charge is 0.0717 e. The fourth-order valence-corrected chi connectivity index (χ4v) is 1.62. The van der Waals surface area contributed by atoms with E-state index in [1.807, 2.05) is 18.2 Å². The molecular weight excluding hydrogens is 222 g/mol. The largest absolute Gasteiger partial charge is 0.398 e. The monoisotopic (exact) mass is 241 g/mol. The van der Waals surface area contributed by atoms with Crippen LogP contribution in [-0.4, -0.2) is 6.61 Å². The molecule has 2 N–H and O–H groups in total. The summed E-state index contributed by atoms with van der Waals surface area (Å²) < 4.78 is 5.56. The number of nitrogens with two attached hydrogens (primary N) is 1. The summed E-state index contributed by atoms with van der Waals surface area (Å²) in [6.07, 6.45) is 4.93. The normalized spacial score (nSPS) is 10.6. The molecule has 0 unspecified atom stereocenters. The van der Waals surface area contributed by atoms with Crippen LogP contribution < -0.4 is 5.73 Å². The Balaban J connectivity index is 2.19. The molecule has 0 aromatic heterocycles. The second-order valence-corrected chi connectivity index (χ2v) is 4.38. The van der Waals surface area contributed by atoms with Crippen LogP contribution in [-0.2, 0) is 11.3 Å². The van der Waals surface area contributed by atoms with Crippen molar-refractivity contribution in [1.82, 2.24) is 0 Å². The molecule has 0 spiro atoms. The van der Waals surface area contributed by atoms with Crippen LogP contribution in [0.1, 0.15) is 38.2 Å². The summed E-state index contributed by atoms with van der Waals surface area (Å²) in [5, 5.41) is 0.603. The van der Waals surface area contributed by atoms with Crippen molar-refractivity contribution in [3.63, 3.8) is 0 Å². The minimum absolute atomic E-state index is 0.603. The maximum absolute atomic E-state index is 5.83. The van der Waals surface area contributed by atoms with Crippen LogP contribution in [0.15, 0.2) is 18.2 Å². The van der Waals surface area contributed by atoms with Crippen molar-refractivity contribution in [2.24, 2.45) is 0 Å². The number of benzene rings is 1. The third kappa shape index (κ3) is 4.86. The van der Waals surface area contributed by atoms with E-state index < -0.39 is 0 Å². The van der Waals surface area contributed by atoms with E-state index in [1.165, 1.54) is 19.3 Å². The first-order valence-corrected chi connectivity index (χ1v) is 6.23. The van der Waals surface area contributed by atoms with Crippen LogP contribution in [0.4, 0.5) is 5.69 Å². The lowest BCUT2D eigenvalue weighted by atomic mass is 10.2. The first-order chi connectivity index (χ1) is 7.74. The van der Waals surface area contributed by atoms with Gasteiger partial charge in [-0.15, -0.1) is 0 Å².